The van der Waals surface area contributed by atoms with Gasteiger partial charge in [-0.2, -0.15) is 0 Å². The Morgan fingerprint density at radius 3 is 2.70 bits per heavy atom. The average Bonchev–Trinajstić information content (AvgIpc) is 3.26. The molecule has 1 fully saturated rings. The van der Waals surface area contributed by atoms with Crippen molar-refractivity contribution in [2.75, 3.05) is 59.8 Å². The van der Waals surface area contributed by atoms with Gasteiger partial charge in [0.2, 0.25) is 0 Å². The van der Waals surface area contributed by atoms with E-state index in [0.717, 1.165) is 69.8 Å². The Hall–Kier alpha value is -1.26. The molecule has 0 aromatic heterocycles. The van der Waals surface area contributed by atoms with Gasteiger partial charge in [-0.1, -0.05) is 19.9 Å². The van der Waals surface area contributed by atoms with Crippen molar-refractivity contribution < 1.29 is 18.9 Å². The molecule has 0 aliphatic carbocycles. The Kier molecular flexibility index (Phi) is 10.5. The van der Waals surface area contributed by atoms with E-state index in [9.17, 15) is 0 Å². The van der Waals surface area contributed by atoms with Crippen LogP contribution in [-0.2, 0) is 14.9 Å². The van der Waals surface area contributed by atoms with Crippen molar-refractivity contribution in [1.29, 1.82) is 0 Å². The fourth-order valence-corrected chi connectivity index (χ4v) is 3.44. The summed E-state index contributed by atoms with van der Waals surface area (Å²) in [5.41, 5.74) is 1.12. The number of nitrogens with zero attached hydrogens (tertiary/aromatic N) is 1. The van der Waals surface area contributed by atoms with Gasteiger partial charge < -0.3 is 29.6 Å². The number of benzene rings is 1. The number of rotatable bonds is 9. The Morgan fingerprint density at radius 2 is 1.97 bits per heavy atom. The lowest BCUT2D eigenvalue weighted by Crippen LogP contribution is -2.43. The molecule has 1 aromatic rings. The number of hydrogen-bond acceptors (Lipinski definition) is 5. The maximum Gasteiger partial charge on any atom is 0.191 e. The molecule has 7 nitrogen and oxygen atoms in total. The summed E-state index contributed by atoms with van der Waals surface area (Å²) in [5.74, 6) is 3.03. The van der Waals surface area contributed by atoms with Gasteiger partial charge in [0, 0.05) is 44.7 Å². The smallest absolute Gasteiger partial charge is 0.191 e. The molecule has 0 saturated carbocycles. The highest BCUT2D eigenvalue weighted by molar-refractivity contribution is 14.0. The van der Waals surface area contributed by atoms with Gasteiger partial charge >= 0.3 is 0 Å². The van der Waals surface area contributed by atoms with Crippen LogP contribution in [-0.4, -0.2) is 65.7 Å². The van der Waals surface area contributed by atoms with Gasteiger partial charge in [0.1, 0.15) is 13.2 Å². The highest BCUT2D eigenvalue weighted by Gasteiger charge is 2.24. The number of nitrogens with one attached hydrogen (secondary N) is 2. The Balaban J connectivity index is 0.00000320. The third-order valence-corrected chi connectivity index (χ3v) is 5.38. The molecule has 30 heavy (non-hydrogen) atoms. The molecular formula is C22H36IN3O4. The van der Waals surface area contributed by atoms with E-state index in [4.69, 9.17) is 18.9 Å². The molecule has 0 radical (unpaired) electrons. The molecule has 2 aliphatic rings. The maximum absolute atomic E-state index is 5.75. The average molecular weight is 533 g/mol. The lowest BCUT2D eigenvalue weighted by atomic mass is 9.84. The molecule has 0 bridgehead atoms. The second-order valence-corrected chi connectivity index (χ2v) is 8.25. The van der Waals surface area contributed by atoms with Crippen LogP contribution in [0.2, 0.25) is 0 Å². The van der Waals surface area contributed by atoms with Crippen LogP contribution in [0.3, 0.4) is 0 Å². The summed E-state index contributed by atoms with van der Waals surface area (Å²) in [5, 5.41) is 6.79. The van der Waals surface area contributed by atoms with Crippen LogP contribution in [0.5, 0.6) is 11.5 Å². The first-order valence-corrected chi connectivity index (χ1v) is 10.6. The van der Waals surface area contributed by atoms with Crippen molar-refractivity contribution in [2.24, 2.45) is 10.9 Å². The predicted molar refractivity (Wildman–Crippen MR) is 130 cm³/mol. The van der Waals surface area contributed by atoms with Crippen molar-refractivity contribution in [3.05, 3.63) is 23.8 Å². The predicted octanol–water partition coefficient (Wildman–Crippen LogP) is 2.96. The summed E-state index contributed by atoms with van der Waals surface area (Å²) in [6.45, 7) is 10.5. The van der Waals surface area contributed by atoms with E-state index in [-0.39, 0.29) is 29.4 Å². The van der Waals surface area contributed by atoms with Crippen molar-refractivity contribution in [1.82, 2.24) is 10.6 Å². The van der Waals surface area contributed by atoms with Gasteiger partial charge in [-0.05, 0) is 30.5 Å². The number of fused-ring (bicyclic) bond motifs is 1. The van der Waals surface area contributed by atoms with Crippen LogP contribution in [0.4, 0.5) is 0 Å². The molecule has 1 saturated heterocycles. The summed E-state index contributed by atoms with van der Waals surface area (Å²) in [6, 6.07) is 6.19. The molecule has 1 unspecified atom stereocenters. The number of hydrogen-bond donors (Lipinski definition) is 2. The van der Waals surface area contributed by atoms with Crippen LogP contribution in [0.1, 0.15) is 32.3 Å². The molecule has 2 N–H and O–H groups in total. The largest absolute Gasteiger partial charge is 0.486 e. The third kappa shape index (κ3) is 7.46. The molecule has 2 heterocycles. The molecule has 0 spiro atoms. The SMILES string of the molecule is CN=C(NCCCOCC1CCOC1)NCC(C)(C)c1ccc2c(c1)OCCO2.I. The second kappa shape index (κ2) is 12.6. The first-order valence-electron chi connectivity index (χ1n) is 10.6. The van der Waals surface area contributed by atoms with Crippen molar-refractivity contribution in [2.45, 2.75) is 32.1 Å². The van der Waals surface area contributed by atoms with E-state index in [1.54, 1.807) is 7.05 Å². The molecule has 1 atom stereocenters. The van der Waals surface area contributed by atoms with Gasteiger partial charge in [-0.15, -0.1) is 24.0 Å². The van der Waals surface area contributed by atoms with E-state index in [0.29, 0.717) is 19.1 Å². The van der Waals surface area contributed by atoms with Gasteiger partial charge in [0.05, 0.1) is 13.2 Å². The molecule has 2 aliphatic heterocycles. The van der Waals surface area contributed by atoms with Gasteiger partial charge in [-0.25, -0.2) is 0 Å². The zero-order valence-electron chi connectivity index (χ0n) is 18.4. The van der Waals surface area contributed by atoms with Gasteiger partial charge in [-0.3, -0.25) is 4.99 Å². The zero-order chi connectivity index (χ0) is 20.5. The monoisotopic (exact) mass is 533 g/mol. The first-order chi connectivity index (χ1) is 14.1. The highest BCUT2D eigenvalue weighted by Crippen LogP contribution is 2.34. The summed E-state index contributed by atoms with van der Waals surface area (Å²) in [6.07, 6.45) is 2.06. The number of aliphatic imine (C=N–C) groups is 1. The second-order valence-electron chi connectivity index (χ2n) is 8.25. The minimum Gasteiger partial charge on any atom is -0.486 e. The fourth-order valence-electron chi connectivity index (χ4n) is 3.44. The Morgan fingerprint density at radius 1 is 1.17 bits per heavy atom. The van der Waals surface area contributed by atoms with Gasteiger partial charge in [0.15, 0.2) is 17.5 Å². The van der Waals surface area contributed by atoms with Crippen LogP contribution < -0.4 is 20.1 Å². The van der Waals surface area contributed by atoms with Gasteiger partial charge in [0.25, 0.3) is 0 Å². The molecule has 3 rings (SSSR count). The number of ether oxygens (including phenoxy) is 4. The van der Waals surface area contributed by atoms with Crippen molar-refractivity contribution in [3.63, 3.8) is 0 Å². The summed E-state index contributed by atoms with van der Waals surface area (Å²) < 4.78 is 22.5. The summed E-state index contributed by atoms with van der Waals surface area (Å²) in [7, 11) is 1.79. The van der Waals surface area contributed by atoms with Crippen LogP contribution in [0.15, 0.2) is 23.2 Å². The van der Waals surface area contributed by atoms with Crippen LogP contribution in [0, 0.1) is 5.92 Å². The zero-order valence-corrected chi connectivity index (χ0v) is 20.7. The highest BCUT2D eigenvalue weighted by atomic mass is 127. The lowest BCUT2D eigenvalue weighted by molar-refractivity contribution is 0.0888. The maximum atomic E-state index is 5.75. The van der Waals surface area contributed by atoms with Crippen molar-refractivity contribution >= 4 is 29.9 Å². The standard InChI is InChI=1S/C22H35N3O4.HI/c1-22(2,18-5-6-19-20(13-18)29-12-11-28-19)16-25-21(23-3)24-8-4-9-26-14-17-7-10-27-15-17;/h5-6,13,17H,4,7-12,14-16H2,1-3H3,(H2,23,24,25);1H. The number of guanidine groups is 1. The minimum atomic E-state index is -0.0834. The minimum absolute atomic E-state index is 0. The molecule has 1 aromatic carbocycles. The van der Waals surface area contributed by atoms with E-state index >= 15 is 0 Å². The lowest BCUT2D eigenvalue weighted by Gasteiger charge is -2.28. The Labute approximate surface area is 197 Å². The Bertz CT molecular complexity index is 678. The summed E-state index contributed by atoms with van der Waals surface area (Å²) >= 11 is 0. The molecular weight excluding hydrogens is 497 g/mol. The molecule has 8 heteroatoms. The van der Waals surface area contributed by atoms with E-state index < -0.39 is 0 Å². The first kappa shape index (κ1) is 25.0. The van der Waals surface area contributed by atoms with E-state index in [1.807, 2.05) is 6.07 Å². The molecule has 0 amide bonds. The van der Waals surface area contributed by atoms with Crippen LogP contribution in [0.25, 0.3) is 0 Å². The molecule has 170 valence electrons. The van der Waals surface area contributed by atoms with E-state index in [2.05, 4.69) is 41.6 Å². The number of halogens is 1. The summed E-state index contributed by atoms with van der Waals surface area (Å²) in [4.78, 5) is 4.33. The normalized spacial score (nSPS) is 18.6. The quantitative estimate of drug-likeness (QED) is 0.220. The van der Waals surface area contributed by atoms with E-state index in [1.165, 1.54) is 5.56 Å². The topological polar surface area (TPSA) is 73.3 Å². The van der Waals surface area contributed by atoms with Crippen LogP contribution >= 0.6 is 24.0 Å². The third-order valence-electron chi connectivity index (χ3n) is 5.38. The fraction of sp³-hybridized carbons (Fsp3) is 0.682. The van der Waals surface area contributed by atoms with Crippen molar-refractivity contribution in [3.8, 4) is 11.5 Å².